The molecule has 0 aliphatic rings. The number of carboxylic acids is 1. The van der Waals surface area contributed by atoms with E-state index in [4.69, 9.17) is 5.11 Å². The lowest BCUT2D eigenvalue weighted by molar-refractivity contribution is -0.135. The number of aryl methyl sites for hydroxylation is 1. The van der Waals surface area contributed by atoms with Gasteiger partial charge in [-0.2, -0.15) is 0 Å². The van der Waals surface area contributed by atoms with Gasteiger partial charge in [0.25, 0.3) is 11.5 Å². The highest BCUT2D eigenvalue weighted by molar-refractivity contribution is 6.00. The minimum absolute atomic E-state index is 0.0209. The number of aliphatic carboxylic acids is 1. The van der Waals surface area contributed by atoms with Crippen molar-refractivity contribution in [3.63, 3.8) is 0 Å². The van der Waals surface area contributed by atoms with Gasteiger partial charge in [-0.1, -0.05) is 19.9 Å². The molecule has 0 spiro atoms. The molecule has 0 atom stereocenters. The van der Waals surface area contributed by atoms with Gasteiger partial charge in [0.15, 0.2) is 17.0 Å². The molecule has 4 N–H and O–H groups in total. The van der Waals surface area contributed by atoms with E-state index in [1.165, 1.54) is 4.52 Å². The zero-order valence-corrected chi connectivity index (χ0v) is 14.5. The first-order chi connectivity index (χ1) is 12.2. The van der Waals surface area contributed by atoms with Crippen LogP contribution < -0.4 is 10.9 Å². The second kappa shape index (κ2) is 6.17. The van der Waals surface area contributed by atoms with Crippen molar-refractivity contribution in [3.8, 4) is 5.75 Å². The van der Waals surface area contributed by atoms with Gasteiger partial charge in [0.05, 0.1) is 11.0 Å². The lowest BCUT2D eigenvalue weighted by atomic mass is 9.96. The highest BCUT2D eigenvalue weighted by Gasteiger charge is 2.24. The first-order valence-electron chi connectivity index (χ1n) is 7.99. The summed E-state index contributed by atoms with van der Waals surface area (Å²) in [6.07, 6.45) is 0. The molecule has 9 nitrogen and oxygen atoms in total. The van der Waals surface area contributed by atoms with Gasteiger partial charge in [0.1, 0.15) is 6.54 Å². The third-order valence-electron chi connectivity index (χ3n) is 4.17. The van der Waals surface area contributed by atoms with E-state index in [0.29, 0.717) is 11.0 Å². The number of hydrogen-bond donors (Lipinski definition) is 4. The SMILES string of the molecule is Cc1ccc2nc3c(O)c(C(=O)NCC(=O)O)c(=O)[nH]n3c2c1C(C)C. The molecular formula is C17H18N4O5. The van der Waals surface area contributed by atoms with E-state index in [1.807, 2.05) is 26.8 Å². The van der Waals surface area contributed by atoms with Gasteiger partial charge in [-0.15, -0.1) is 0 Å². The van der Waals surface area contributed by atoms with Crippen molar-refractivity contribution in [2.45, 2.75) is 26.7 Å². The van der Waals surface area contributed by atoms with Gasteiger partial charge in [-0.3, -0.25) is 19.5 Å². The summed E-state index contributed by atoms with van der Waals surface area (Å²) < 4.78 is 1.36. The maximum absolute atomic E-state index is 12.4. The van der Waals surface area contributed by atoms with E-state index in [2.05, 4.69) is 15.4 Å². The number of rotatable bonds is 4. The van der Waals surface area contributed by atoms with Crippen LogP contribution in [0, 0.1) is 6.92 Å². The van der Waals surface area contributed by atoms with Crippen molar-refractivity contribution in [2.75, 3.05) is 6.54 Å². The molecule has 26 heavy (non-hydrogen) atoms. The Morgan fingerprint density at radius 3 is 2.65 bits per heavy atom. The number of carboxylic acid groups (broad SMARTS) is 1. The number of carbonyl (C=O) groups is 2. The van der Waals surface area contributed by atoms with E-state index in [9.17, 15) is 19.5 Å². The highest BCUT2D eigenvalue weighted by Crippen LogP contribution is 2.31. The smallest absolute Gasteiger partial charge is 0.322 e. The lowest BCUT2D eigenvalue weighted by Gasteiger charge is -2.12. The molecule has 2 aromatic heterocycles. The number of nitrogens with one attached hydrogen (secondary N) is 2. The monoisotopic (exact) mass is 358 g/mol. The van der Waals surface area contributed by atoms with Gasteiger partial charge in [-0.25, -0.2) is 9.50 Å². The fraction of sp³-hybridized carbons (Fsp3) is 0.294. The number of carbonyl (C=O) groups excluding carboxylic acids is 1. The fourth-order valence-corrected chi connectivity index (χ4v) is 3.12. The van der Waals surface area contributed by atoms with Gasteiger partial charge < -0.3 is 15.5 Å². The van der Waals surface area contributed by atoms with Crippen LogP contribution in [0.25, 0.3) is 16.7 Å². The number of amides is 1. The van der Waals surface area contributed by atoms with Gasteiger partial charge >= 0.3 is 5.97 Å². The highest BCUT2D eigenvalue weighted by atomic mass is 16.4. The van der Waals surface area contributed by atoms with E-state index in [1.54, 1.807) is 6.07 Å². The molecule has 3 aromatic rings. The molecule has 9 heteroatoms. The molecule has 0 radical (unpaired) electrons. The number of nitrogens with zero attached hydrogens (tertiary/aromatic N) is 2. The van der Waals surface area contributed by atoms with Crippen LogP contribution in [-0.2, 0) is 4.79 Å². The zero-order valence-electron chi connectivity index (χ0n) is 14.5. The molecule has 0 saturated carbocycles. The normalized spacial score (nSPS) is 11.4. The van der Waals surface area contributed by atoms with Crippen molar-refractivity contribution in [1.29, 1.82) is 0 Å². The maximum atomic E-state index is 12.4. The molecule has 0 fully saturated rings. The predicted octanol–water partition coefficient (Wildman–Crippen LogP) is 1.13. The summed E-state index contributed by atoms with van der Waals surface area (Å²) in [4.78, 5) is 39.4. The van der Waals surface area contributed by atoms with Crippen molar-refractivity contribution < 1.29 is 19.8 Å². The summed E-state index contributed by atoms with van der Waals surface area (Å²) in [6.45, 7) is 5.29. The Morgan fingerprint density at radius 2 is 2.04 bits per heavy atom. The second-order valence-electron chi connectivity index (χ2n) is 6.33. The summed E-state index contributed by atoms with van der Waals surface area (Å²) in [5, 5.41) is 23.7. The van der Waals surface area contributed by atoms with Gasteiger partial charge in [-0.05, 0) is 30.0 Å². The molecule has 2 heterocycles. The minimum atomic E-state index is -1.26. The number of H-pyrrole nitrogens is 1. The van der Waals surface area contributed by atoms with Crippen molar-refractivity contribution >= 4 is 28.6 Å². The lowest BCUT2D eigenvalue weighted by Crippen LogP contribution is -2.34. The number of aromatic nitrogens is 3. The molecule has 0 unspecified atom stereocenters. The van der Waals surface area contributed by atoms with Crippen LogP contribution in [0.4, 0.5) is 0 Å². The van der Waals surface area contributed by atoms with Gasteiger partial charge in [0.2, 0.25) is 0 Å². The molecule has 1 amide bonds. The van der Waals surface area contributed by atoms with Crippen LogP contribution >= 0.6 is 0 Å². The zero-order chi connectivity index (χ0) is 19.2. The van der Waals surface area contributed by atoms with E-state index >= 15 is 0 Å². The van der Waals surface area contributed by atoms with Crippen LogP contribution in [0.2, 0.25) is 0 Å². The Kier molecular flexibility index (Phi) is 4.15. The van der Waals surface area contributed by atoms with Crippen molar-refractivity contribution in [3.05, 3.63) is 39.2 Å². The number of fused-ring (bicyclic) bond motifs is 3. The number of hydrogen-bond acceptors (Lipinski definition) is 5. The summed E-state index contributed by atoms with van der Waals surface area (Å²) in [6, 6.07) is 3.67. The summed E-state index contributed by atoms with van der Waals surface area (Å²) in [7, 11) is 0. The summed E-state index contributed by atoms with van der Waals surface area (Å²) in [5.41, 5.74) is 1.80. The van der Waals surface area contributed by atoms with E-state index in [-0.39, 0.29) is 11.6 Å². The third-order valence-corrected chi connectivity index (χ3v) is 4.17. The van der Waals surface area contributed by atoms with Crippen LogP contribution in [0.3, 0.4) is 0 Å². The fourth-order valence-electron chi connectivity index (χ4n) is 3.12. The largest absolute Gasteiger partial charge is 0.504 e. The molecule has 0 saturated heterocycles. The first kappa shape index (κ1) is 17.5. The topological polar surface area (TPSA) is 137 Å². The molecular weight excluding hydrogens is 340 g/mol. The van der Waals surface area contributed by atoms with Crippen LogP contribution in [0.15, 0.2) is 16.9 Å². The Balaban J connectivity index is 2.30. The van der Waals surface area contributed by atoms with Gasteiger partial charge in [0, 0.05) is 0 Å². The number of aromatic hydroxyl groups is 1. The van der Waals surface area contributed by atoms with Crippen LogP contribution in [-0.4, -0.2) is 43.2 Å². The Hall–Kier alpha value is -3.36. The first-order valence-corrected chi connectivity index (χ1v) is 7.99. The average molecular weight is 358 g/mol. The van der Waals surface area contributed by atoms with E-state index in [0.717, 1.165) is 11.1 Å². The molecule has 136 valence electrons. The summed E-state index contributed by atoms with van der Waals surface area (Å²) >= 11 is 0. The Morgan fingerprint density at radius 1 is 1.35 bits per heavy atom. The number of imidazole rings is 1. The number of aromatic amines is 1. The minimum Gasteiger partial charge on any atom is -0.504 e. The molecule has 3 rings (SSSR count). The predicted molar refractivity (Wildman–Crippen MR) is 93.8 cm³/mol. The van der Waals surface area contributed by atoms with Crippen LogP contribution in [0.1, 0.15) is 41.3 Å². The van der Waals surface area contributed by atoms with Crippen LogP contribution in [0.5, 0.6) is 5.75 Å². The quantitative estimate of drug-likeness (QED) is 0.552. The second-order valence-corrected chi connectivity index (χ2v) is 6.33. The van der Waals surface area contributed by atoms with Crippen molar-refractivity contribution in [1.82, 2.24) is 19.9 Å². The average Bonchev–Trinajstić information content (AvgIpc) is 2.91. The molecule has 1 aromatic carbocycles. The standard InChI is InChI=1S/C17H18N4O5/c1-7(2)11-8(3)4-5-9-13(11)21-15(19-9)14(24)12(17(26)20-21)16(25)18-6-10(22)23/h4-5,7,24H,6H2,1-3H3,(H,18,25)(H,20,26)(H,22,23). The Labute approximate surface area is 147 Å². The molecule has 0 aliphatic carbocycles. The molecule has 0 bridgehead atoms. The Bertz CT molecular complexity index is 1110. The van der Waals surface area contributed by atoms with Crippen molar-refractivity contribution in [2.24, 2.45) is 0 Å². The maximum Gasteiger partial charge on any atom is 0.322 e. The number of benzene rings is 1. The third kappa shape index (κ3) is 2.67. The van der Waals surface area contributed by atoms with E-state index < -0.39 is 35.3 Å². The molecule has 0 aliphatic heterocycles. The summed E-state index contributed by atoms with van der Waals surface area (Å²) in [5.74, 6) is -2.71.